The van der Waals surface area contributed by atoms with Crippen LogP contribution in [0.15, 0.2) is 12.2 Å². The normalized spacial score (nSPS) is 57.0. The van der Waals surface area contributed by atoms with Crippen molar-refractivity contribution in [2.45, 2.75) is 314 Å². The van der Waals surface area contributed by atoms with E-state index in [1.54, 1.807) is 0 Å². The average molecular weight is 1060 g/mol. The van der Waals surface area contributed by atoms with Crippen LogP contribution in [0.4, 0.5) is 0 Å². The number of fused-ring (bicyclic) bond motifs is 9. The summed E-state index contributed by atoms with van der Waals surface area (Å²) in [5, 5.41) is 22.2. The molecule has 0 aromatic heterocycles. The number of ether oxygens (including phenoxy) is 14. The van der Waals surface area contributed by atoms with Gasteiger partial charge in [0.15, 0.2) is 11.6 Å². The zero-order valence-electron chi connectivity index (χ0n) is 44.5. The minimum absolute atomic E-state index is 0.00152. The van der Waals surface area contributed by atoms with Crippen molar-refractivity contribution in [3.8, 4) is 0 Å². The molecule has 18 nitrogen and oxygen atoms in total. The molecule has 0 saturated carbocycles. The molecule has 15 aliphatic rings. The lowest BCUT2D eigenvalue weighted by molar-refractivity contribution is -0.369. The van der Waals surface area contributed by atoms with Crippen LogP contribution in [-0.2, 0) is 71.1 Å². The van der Waals surface area contributed by atoms with Gasteiger partial charge in [0, 0.05) is 70.8 Å². The molecule has 2 spiro atoms. The predicted molar refractivity (Wildman–Crippen MR) is 263 cm³/mol. The second kappa shape index (κ2) is 19.6. The largest absolute Gasteiger partial charge is 0.459 e. The van der Waals surface area contributed by atoms with Gasteiger partial charge < -0.3 is 82.3 Å². The van der Waals surface area contributed by atoms with Crippen LogP contribution in [0, 0.1) is 17.3 Å². The van der Waals surface area contributed by atoms with Gasteiger partial charge in [-0.3, -0.25) is 4.79 Å². The van der Waals surface area contributed by atoms with Crippen molar-refractivity contribution in [3.05, 3.63) is 12.2 Å². The van der Waals surface area contributed by atoms with Crippen LogP contribution in [0.1, 0.15) is 150 Å². The number of hydrogen-bond acceptors (Lipinski definition) is 18. The first-order chi connectivity index (χ1) is 36.1. The fraction of sp³-hybridized carbons (Fsp3) is 0.947. The van der Waals surface area contributed by atoms with Gasteiger partial charge in [-0.25, -0.2) is 0 Å². The first-order valence-corrected chi connectivity index (χ1v) is 29.6. The summed E-state index contributed by atoms with van der Waals surface area (Å²) in [6.07, 6.45) is 4.86. The zero-order valence-corrected chi connectivity index (χ0v) is 44.5. The maximum Gasteiger partial charge on any atom is 0.308 e. The van der Waals surface area contributed by atoms with Crippen molar-refractivity contribution in [1.29, 1.82) is 0 Å². The van der Waals surface area contributed by atoms with Crippen LogP contribution in [-0.4, -0.2) is 187 Å². The van der Waals surface area contributed by atoms with Gasteiger partial charge in [0.05, 0.1) is 122 Å². The van der Waals surface area contributed by atoms with Crippen LogP contribution in [0.25, 0.3) is 0 Å². The third kappa shape index (κ3) is 9.45. The Hall–Kier alpha value is -1.43. The number of aliphatic hydroxyl groups is 2. The highest BCUT2D eigenvalue weighted by molar-refractivity contribution is 5.70. The molecule has 15 aliphatic heterocycles. The van der Waals surface area contributed by atoms with E-state index >= 15 is 0 Å². The molecule has 12 bridgehead atoms. The van der Waals surface area contributed by atoms with Crippen molar-refractivity contribution in [2.75, 3.05) is 6.54 Å². The number of carbonyl (C=O) groups excluding carboxylic acids is 1. The van der Waals surface area contributed by atoms with Crippen LogP contribution in [0.5, 0.6) is 0 Å². The highest BCUT2D eigenvalue weighted by atomic mass is 16.8. The molecule has 0 aromatic carbocycles. The second-order valence-corrected chi connectivity index (χ2v) is 26.7. The van der Waals surface area contributed by atoms with E-state index in [9.17, 15) is 15.0 Å². The predicted octanol–water partition coefficient (Wildman–Crippen LogP) is 4.75. The molecule has 420 valence electrons. The molecule has 0 radical (unpaired) electrons. The molecule has 15 fully saturated rings. The van der Waals surface area contributed by atoms with Gasteiger partial charge in [0.2, 0.25) is 0 Å². The van der Waals surface area contributed by atoms with Gasteiger partial charge in [-0.2, -0.15) is 0 Å². The number of rotatable bonds is 3. The van der Waals surface area contributed by atoms with E-state index in [4.69, 9.17) is 72.0 Å². The summed E-state index contributed by atoms with van der Waals surface area (Å²) < 4.78 is 95.5. The van der Waals surface area contributed by atoms with Crippen molar-refractivity contribution in [1.82, 2.24) is 0 Å². The van der Waals surface area contributed by atoms with Crippen LogP contribution < -0.4 is 5.73 Å². The minimum Gasteiger partial charge on any atom is -0.459 e. The first kappa shape index (κ1) is 51.7. The van der Waals surface area contributed by atoms with Gasteiger partial charge in [-0.15, -0.1) is 0 Å². The number of carbonyl (C=O) groups is 1. The van der Waals surface area contributed by atoms with E-state index in [1.165, 1.54) is 0 Å². The number of aliphatic hydroxyl groups excluding tert-OH is 2. The summed E-state index contributed by atoms with van der Waals surface area (Å²) in [6, 6.07) is 0. The minimum atomic E-state index is -0.881. The average Bonchev–Trinajstić information content (AvgIpc) is 4.13. The van der Waals surface area contributed by atoms with Gasteiger partial charge in [-0.1, -0.05) is 34.3 Å². The molecule has 29 atom stereocenters. The monoisotopic (exact) mass is 1060 g/mol. The molecule has 18 heteroatoms. The summed E-state index contributed by atoms with van der Waals surface area (Å²) >= 11 is 0. The standard InChI is InChI=1S/C57H85NO17/c1-26-14-29-7-9-47-55(4,5)23-31(64-47)10-12-57-24-45-51(74-57)52-53(70-45)54(75-57)50-35(69-52)8-6-30(65-50)17-48(61)68-43-21-42-41(67-40(43)19-36(62-29)28(26)3)20-39-38(66-42)16-32(63-39)15-37-33(59)11-13-56(72-37)22-27(2)49-44(73-56)18-34(60)46(25-58)71-49/h26-27,29-47,49-54,59-60H,3,6-25,58H2,1-2,4-5H3/t26-,27+,29+,30-,31+,32+,33+,34-,35+,36-,37+,38?,39-,40+,41+,42?,43-,44+,45-,46-,47+,49+,50+,51?,52+,53?,54?,56-,57+/m1/s1. The number of esters is 1. The maximum atomic E-state index is 14.4. The Balaban J connectivity index is 0.678. The fourth-order valence-corrected chi connectivity index (χ4v) is 17.1. The van der Waals surface area contributed by atoms with Gasteiger partial charge in [0.1, 0.15) is 36.6 Å². The van der Waals surface area contributed by atoms with E-state index in [-0.39, 0.29) is 146 Å². The van der Waals surface area contributed by atoms with E-state index in [2.05, 4.69) is 34.3 Å². The molecule has 15 saturated heterocycles. The quantitative estimate of drug-likeness (QED) is 0.257. The summed E-state index contributed by atoms with van der Waals surface area (Å²) in [4.78, 5) is 14.4. The van der Waals surface area contributed by atoms with Gasteiger partial charge in [0.25, 0.3) is 0 Å². The molecule has 75 heavy (non-hydrogen) atoms. The molecular formula is C57H85NO17. The Bertz CT molecular complexity index is 2140. The van der Waals surface area contributed by atoms with E-state index in [1.807, 2.05) is 0 Å². The molecule has 15 rings (SSSR count). The zero-order chi connectivity index (χ0) is 51.3. The van der Waals surface area contributed by atoms with Crippen molar-refractivity contribution < 1.29 is 81.3 Å². The Morgan fingerprint density at radius 1 is 0.547 bits per heavy atom. The SMILES string of the molecule is C=C1[C@H](C)C[C@@H]2CC[C@@H]3O[C@@H](CC[C@@]45C[C@H]6OC7C(O4)[C@H]4O[C@H](CC[C@@H]4O[C@H]7C6O5)CC(=O)O[C@@H]4CC5OC6C[C@H](C[C@@H]7O[C@@]8(CC[C@@H]7O)C[C@H](C)[C@@H]7O[C@H](CN)[C@H](O)C[C@@H]7O8)O[C@@H]6C[C@@H]5O[C@H]4C[C@H]1O2)CC3(C)C. The smallest absolute Gasteiger partial charge is 0.308 e. The third-order valence-corrected chi connectivity index (χ3v) is 21.0. The van der Waals surface area contributed by atoms with Crippen molar-refractivity contribution >= 4 is 5.97 Å². The van der Waals surface area contributed by atoms with Crippen LogP contribution >= 0.6 is 0 Å². The summed E-state index contributed by atoms with van der Waals surface area (Å²) in [5.74, 6) is -1.65. The molecule has 0 aromatic rings. The molecule has 0 aliphatic carbocycles. The number of nitrogens with two attached hydrogens (primary N) is 1. The molecule has 15 heterocycles. The second-order valence-electron chi connectivity index (χ2n) is 26.7. The number of hydrogen-bond donors (Lipinski definition) is 3. The van der Waals surface area contributed by atoms with Crippen LogP contribution in [0.3, 0.4) is 0 Å². The lowest BCUT2D eigenvalue weighted by Gasteiger charge is -2.54. The Labute approximate surface area is 441 Å². The highest BCUT2D eigenvalue weighted by Gasteiger charge is 2.69. The summed E-state index contributed by atoms with van der Waals surface area (Å²) in [7, 11) is 0. The van der Waals surface area contributed by atoms with Crippen LogP contribution in [0.2, 0.25) is 0 Å². The first-order valence-electron chi connectivity index (χ1n) is 29.6. The maximum absolute atomic E-state index is 14.4. The molecule has 5 unspecified atom stereocenters. The lowest BCUT2D eigenvalue weighted by atomic mass is 9.79. The Morgan fingerprint density at radius 2 is 1.27 bits per heavy atom. The van der Waals surface area contributed by atoms with Crippen molar-refractivity contribution in [2.24, 2.45) is 23.0 Å². The Morgan fingerprint density at radius 3 is 2.11 bits per heavy atom. The molecular weight excluding hydrogens is 971 g/mol. The van der Waals surface area contributed by atoms with Gasteiger partial charge in [-0.05, 0) is 74.2 Å². The highest BCUT2D eigenvalue weighted by Crippen LogP contribution is 2.55. The molecule has 4 N–H and O–H groups in total. The molecule has 0 amide bonds. The fourth-order valence-electron chi connectivity index (χ4n) is 17.1. The van der Waals surface area contributed by atoms with E-state index < -0.39 is 54.3 Å². The van der Waals surface area contributed by atoms with Gasteiger partial charge >= 0.3 is 5.97 Å². The van der Waals surface area contributed by atoms with E-state index in [0.717, 1.165) is 44.1 Å². The van der Waals surface area contributed by atoms with Crippen molar-refractivity contribution in [3.63, 3.8) is 0 Å². The lowest BCUT2D eigenvalue weighted by Crippen LogP contribution is -2.62. The topological polar surface area (TPSA) is 213 Å². The summed E-state index contributed by atoms with van der Waals surface area (Å²) in [6.45, 7) is 13.9. The summed E-state index contributed by atoms with van der Waals surface area (Å²) in [5.41, 5.74) is 6.96. The third-order valence-electron chi connectivity index (χ3n) is 21.0. The van der Waals surface area contributed by atoms with E-state index in [0.29, 0.717) is 77.0 Å². The Kier molecular flexibility index (Phi) is 13.5.